The van der Waals surface area contributed by atoms with Gasteiger partial charge in [-0.25, -0.2) is 4.79 Å². The number of benzene rings is 2. The molecule has 0 N–H and O–H groups in total. The molecule has 0 atom stereocenters. The van der Waals surface area contributed by atoms with E-state index < -0.39 is 5.97 Å². The minimum absolute atomic E-state index is 0.0892. The predicted octanol–water partition coefficient (Wildman–Crippen LogP) is 3.98. The lowest BCUT2D eigenvalue weighted by molar-refractivity contribution is -0.148. The largest absolute Gasteiger partial charge is 0.482 e. The van der Waals surface area contributed by atoms with Crippen molar-refractivity contribution in [2.24, 2.45) is 0 Å². The molecule has 0 saturated carbocycles. The van der Waals surface area contributed by atoms with Crippen molar-refractivity contribution in [1.82, 2.24) is 10.1 Å². The number of nitrogens with zero attached hydrogens (tertiary/aromatic N) is 2. The summed E-state index contributed by atoms with van der Waals surface area (Å²) in [6.07, 6.45) is 0. The minimum Gasteiger partial charge on any atom is -0.482 e. The molecule has 3 aromatic rings. The molecule has 0 saturated heterocycles. The zero-order chi connectivity index (χ0) is 18.4. The molecule has 134 valence electrons. The van der Waals surface area contributed by atoms with E-state index in [4.69, 9.17) is 14.0 Å². The van der Waals surface area contributed by atoms with Gasteiger partial charge in [-0.2, -0.15) is 4.98 Å². The summed E-state index contributed by atoms with van der Waals surface area (Å²) in [5.74, 6) is 1.26. The van der Waals surface area contributed by atoms with E-state index in [1.165, 1.54) is 5.56 Å². The number of para-hydroxylation sites is 1. The maximum absolute atomic E-state index is 11.7. The molecule has 0 aliphatic heterocycles. The highest BCUT2D eigenvalue weighted by atomic mass is 16.6. The zero-order valence-corrected chi connectivity index (χ0v) is 14.7. The van der Waals surface area contributed by atoms with Gasteiger partial charge in [0.25, 0.3) is 5.89 Å². The molecule has 26 heavy (non-hydrogen) atoms. The van der Waals surface area contributed by atoms with Crippen molar-refractivity contribution in [3.05, 3.63) is 66.1 Å². The molecule has 1 heterocycles. The standard InChI is InChI=1S/C20H20N2O4/c1-14(2)15-8-10-16(11-9-15)20-21-18(26-22-20)12-25-19(23)13-24-17-6-4-3-5-7-17/h3-11,14H,12-13H2,1-2H3. The van der Waals surface area contributed by atoms with Gasteiger partial charge in [0.05, 0.1) is 0 Å². The average Bonchev–Trinajstić information content (AvgIpc) is 3.14. The van der Waals surface area contributed by atoms with Gasteiger partial charge >= 0.3 is 5.97 Å². The average molecular weight is 352 g/mol. The van der Waals surface area contributed by atoms with E-state index in [-0.39, 0.29) is 19.1 Å². The van der Waals surface area contributed by atoms with Crippen LogP contribution in [0.4, 0.5) is 0 Å². The van der Waals surface area contributed by atoms with Crippen molar-refractivity contribution in [2.45, 2.75) is 26.4 Å². The Morgan fingerprint density at radius 3 is 2.50 bits per heavy atom. The number of carbonyl (C=O) groups excluding carboxylic acids is 1. The topological polar surface area (TPSA) is 74.5 Å². The molecule has 3 rings (SSSR count). The van der Waals surface area contributed by atoms with Crippen LogP contribution in [0.25, 0.3) is 11.4 Å². The third kappa shape index (κ3) is 4.69. The van der Waals surface area contributed by atoms with Crippen molar-refractivity contribution in [3.63, 3.8) is 0 Å². The smallest absolute Gasteiger partial charge is 0.344 e. The van der Waals surface area contributed by atoms with E-state index in [0.717, 1.165) is 5.56 Å². The molecule has 0 amide bonds. The minimum atomic E-state index is -0.505. The van der Waals surface area contributed by atoms with Crippen LogP contribution in [0.3, 0.4) is 0 Å². The van der Waals surface area contributed by atoms with Crippen LogP contribution in [0.15, 0.2) is 59.1 Å². The van der Waals surface area contributed by atoms with E-state index >= 15 is 0 Å². The predicted molar refractivity (Wildman–Crippen MR) is 95.6 cm³/mol. The summed E-state index contributed by atoms with van der Waals surface area (Å²) in [5, 5.41) is 3.92. The van der Waals surface area contributed by atoms with Gasteiger partial charge in [-0.1, -0.05) is 61.5 Å². The molecule has 0 radical (unpaired) electrons. The molecule has 0 aliphatic carbocycles. The van der Waals surface area contributed by atoms with Gasteiger partial charge in [-0.3, -0.25) is 0 Å². The molecule has 1 aromatic heterocycles. The van der Waals surface area contributed by atoms with Crippen molar-refractivity contribution in [2.75, 3.05) is 6.61 Å². The van der Waals surface area contributed by atoms with Crippen LogP contribution in [0.5, 0.6) is 5.75 Å². The monoisotopic (exact) mass is 352 g/mol. The van der Waals surface area contributed by atoms with Gasteiger partial charge < -0.3 is 14.0 Å². The highest BCUT2D eigenvalue weighted by Gasteiger charge is 2.12. The van der Waals surface area contributed by atoms with Crippen LogP contribution in [0.1, 0.15) is 31.2 Å². The van der Waals surface area contributed by atoms with Crippen LogP contribution in [0, 0.1) is 0 Å². The number of ether oxygens (including phenoxy) is 2. The lowest BCUT2D eigenvalue weighted by atomic mass is 10.0. The van der Waals surface area contributed by atoms with Crippen LogP contribution >= 0.6 is 0 Å². The number of carbonyl (C=O) groups is 1. The molecule has 0 unspecified atom stereocenters. The Hall–Kier alpha value is -3.15. The second kappa shape index (κ2) is 8.29. The fraction of sp³-hybridized carbons (Fsp3) is 0.250. The third-order valence-corrected chi connectivity index (χ3v) is 3.76. The Morgan fingerprint density at radius 1 is 1.08 bits per heavy atom. The third-order valence-electron chi connectivity index (χ3n) is 3.76. The number of aromatic nitrogens is 2. The van der Waals surface area contributed by atoms with Gasteiger partial charge in [0.15, 0.2) is 13.2 Å². The molecule has 0 bridgehead atoms. The van der Waals surface area contributed by atoms with Crippen LogP contribution in [-0.4, -0.2) is 22.7 Å². The fourth-order valence-electron chi connectivity index (χ4n) is 2.29. The van der Waals surface area contributed by atoms with Gasteiger partial charge in [0, 0.05) is 5.56 Å². The Balaban J connectivity index is 1.51. The quantitative estimate of drug-likeness (QED) is 0.599. The van der Waals surface area contributed by atoms with E-state index in [9.17, 15) is 4.79 Å². The van der Waals surface area contributed by atoms with Crippen LogP contribution in [0.2, 0.25) is 0 Å². The SMILES string of the molecule is CC(C)c1ccc(-c2noc(COC(=O)COc3ccccc3)n2)cc1. The first kappa shape index (κ1) is 17.7. The lowest BCUT2D eigenvalue weighted by Gasteiger charge is -2.05. The number of hydrogen-bond donors (Lipinski definition) is 0. The maximum atomic E-state index is 11.7. The molecular formula is C20H20N2O4. The first-order chi connectivity index (χ1) is 12.6. The Bertz CT molecular complexity index is 842. The summed E-state index contributed by atoms with van der Waals surface area (Å²) in [5.41, 5.74) is 2.09. The van der Waals surface area contributed by atoms with Crippen molar-refractivity contribution in [1.29, 1.82) is 0 Å². The summed E-state index contributed by atoms with van der Waals surface area (Å²) in [6, 6.07) is 17.0. The van der Waals surface area contributed by atoms with Crippen molar-refractivity contribution >= 4 is 5.97 Å². The van der Waals surface area contributed by atoms with Crippen LogP contribution in [-0.2, 0) is 16.1 Å². The molecule has 0 spiro atoms. The summed E-state index contributed by atoms with van der Waals surface area (Å²) in [4.78, 5) is 16.0. The van der Waals surface area contributed by atoms with Gasteiger partial charge in [-0.05, 0) is 23.6 Å². The molecule has 0 aliphatic rings. The highest BCUT2D eigenvalue weighted by molar-refractivity contribution is 5.71. The highest BCUT2D eigenvalue weighted by Crippen LogP contribution is 2.20. The molecule has 2 aromatic carbocycles. The Labute approximate surface area is 151 Å². The molecule has 6 nitrogen and oxygen atoms in total. The van der Waals surface area contributed by atoms with Crippen molar-refractivity contribution in [3.8, 4) is 17.1 Å². The zero-order valence-electron chi connectivity index (χ0n) is 14.7. The lowest BCUT2D eigenvalue weighted by Crippen LogP contribution is -2.14. The summed E-state index contributed by atoms with van der Waals surface area (Å²) in [7, 11) is 0. The van der Waals surface area contributed by atoms with E-state index in [1.54, 1.807) is 12.1 Å². The summed E-state index contributed by atoms with van der Waals surface area (Å²) in [6.45, 7) is 4.00. The summed E-state index contributed by atoms with van der Waals surface area (Å²) < 4.78 is 15.5. The Kier molecular flexibility index (Phi) is 5.63. The second-order valence-electron chi connectivity index (χ2n) is 6.05. The second-order valence-corrected chi connectivity index (χ2v) is 6.05. The fourth-order valence-corrected chi connectivity index (χ4v) is 2.29. The molecule has 0 fully saturated rings. The van der Waals surface area contributed by atoms with Gasteiger partial charge in [0.2, 0.25) is 5.82 Å². The van der Waals surface area contributed by atoms with Crippen LogP contribution < -0.4 is 4.74 Å². The number of rotatable bonds is 7. The van der Waals surface area contributed by atoms with Gasteiger partial charge in [-0.15, -0.1) is 0 Å². The molecular weight excluding hydrogens is 332 g/mol. The maximum Gasteiger partial charge on any atom is 0.344 e. The van der Waals surface area contributed by atoms with Gasteiger partial charge in [0.1, 0.15) is 5.75 Å². The first-order valence-electron chi connectivity index (χ1n) is 8.38. The normalized spacial score (nSPS) is 10.7. The summed E-state index contributed by atoms with van der Waals surface area (Å²) >= 11 is 0. The number of esters is 1. The van der Waals surface area contributed by atoms with E-state index in [2.05, 4.69) is 24.0 Å². The van der Waals surface area contributed by atoms with E-state index in [0.29, 0.717) is 17.5 Å². The van der Waals surface area contributed by atoms with Crippen molar-refractivity contribution < 1.29 is 18.8 Å². The Morgan fingerprint density at radius 2 is 1.81 bits per heavy atom. The molecule has 6 heteroatoms. The van der Waals surface area contributed by atoms with E-state index in [1.807, 2.05) is 42.5 Å². The first-order valence-corrected chi connectivity index (χ1v) is 8.38. The number of hydrogen-bond acceptors (Lipinski definition) is 6.